The number of nitrogens with two attached hydrogens (primary N) is 2. The number of nitrogens with one attached hydrogen (secondary N) is 20. The van der Waals surface area contributed by atoms with Crippen LogP contribution in [-0.4, -0.2) is 349 Å². The lowest BCUT2D eigenvalue weighted by Gasteiger charge is -2.29. The van der Waals surface area contributed by atoms with Gasteiger partial charge in [-0.3, -0.25) is 95.9 Å². The van der Waals surface area contributed by atoms with Gasteiger partial charge in [0.25, 0.3) is 0 Å². The lowest BCUT2D eigenvalue weighted by molar-refractivity contribution is -0.143. The number of rotatable bonds is 64. The second-order valence-electron chi connectivity index (χ2n) is 34.6. The Balaban J connectivity index is 1.41. The van der Waals surface area contributed by atoms with E-state index in [2.05, 4.69) is 101 Å². The van der Waals surface area contributed by atoms with Crippen LogP contribution in [0, 0.1) is 17.8 Å². The number of para-hydroxylation sites is 1. The van der Waals surface area contributed by atoms with E-state index in [0.29, 0.717) is 41.4 Å². The molecular weight excluding hydrogens is 1900 g/mol. The van der Waals surface area contributed by atoms with Gasteiger partial charge in [0.05, 0.1) is 71.4 Å². The van der Waals surface area contributed by atoms with Crippen LogP contribution >= 0.6 is 0 Å². The third-order valence-electron chi connectivity index (χ3n) is 22.6. The number of amides is 19. The number of carbonyl (C=O) groups is 21. The number of aliphatic hydroxyl groups is 6. The van der Waals surface area contributed by atoms with E-state index >= 15 is 0 Å². The zero-order chi connectivity index (χ0) is 108. The highest BCUT2D eigenvalue weighted by Gasteiger charge is 2.41. The quantitative estimate of drug-likeness (QED) is 0.0183. The number of fused-ring (bicyclic) bond motifs is 1. The molecule has 1 aromatic heterocycles. The van der Waals surface area contributed by atoms with E-state index in [1.165, 1.54) is 55.5 Å². The normalized spacial score (nSPS) is 15.1. The first-order valence-corrected chi connectivity index (χ1v) is 46.4. The van der Waals surface area contributed by atoms with Crippen LogP contribution in [0.4, 0.5) is 0 Å². The zero-order valence-electron chi connectivity index (χ0n) is 81.1. The van der Waals surface area contributed by atoms with Gasteiger partial charge in [-0.05, 0) is 124 Å². The van der Waals surface area contributed by atoms with E-state index in [1.54, 1.807) is 65.1 Å². The van der Waals surface area contributed by atoms with Gasteiger partial charge >= 0.3 is 11.9 Å². The van der Waals surface area contributed by atoms with Crippen molar-refractivity contribution in [3.05, 3.63) is 95.7 Å². The SMILES string of the molecule is CC[C@H](C)[C@H](NC(=O)[C@H](Cc1c[nH]c2ccccc12)NC(=O)[C@H](CCC(=O)O)NC(=O)[C@H](CC(C)C)NC(=O)CNC(=O)[C@H](CCCCN)NC(=O)CN)C(=O)NCC(=O)N[C@H](C(=O)N[C@H](C(=O)N[C@@H](CO)C(=O)N[C@@H](CO)C(=O)NCC(=O)NCC(=O)N[C@@H](CO)C(=O)N[C@H](C(=O)N[C@@H](Cc1ccc(O)cc1)C(=O)N[C@@H](Cc1ccc(O)cc1)C(=O)N[C@@H](C)C(=O)N[C@@H](CO)C(=O)O)[C@@H](C)O)[C@@H](C)CC)[C@@H](C)O. The smallest absolute Gasteiger partial charge is 0.328 e. The highest BCUT2D eigenvalue weighted by molar-refractivity contribution is 6.02. The second-order valence-corrected chi connectivity index (χ2v) is 34.6. The minimum Gasteiger partial charge on any atom is -0.508 e. The summed E-state index contributed by atoms with van der Waals surface area (Å²) >= 11 is 0. The number of unbranched alkanes of at least 4 members (excludes halogenated alkanes) is 1. The predicted octanol–water partition coefficient (Wildman–Crippen LogP) is -10.7. The summed E-state index contributed by atoms with van der Waals surface area (Å²) in [5.41, 5.74) is 12.7. The number of aromatic amines is 1. The van der Waals surface area contributed by atoms with Crippen molar-refractivity contribution in [3.63, 3.8) is 0 Å². The topological polar surface area (TPSA) is 857 Å². The van der Waals surface area contributed by atoms with Gasteiger partial charge in [-0.2, -0.15) is 0 Å². The number of carboxylic acids is 2. The molecule has 0 radical (unpaired) electrons. The minimum atomic E-state index is -2.00. The van der Waals surface area contributed by atoms with Crippen molar-refractivity contribution < 1.29 is 152 Å². The highest BCUT2D eigenvalue weighted by Crippen LogP contribution is 2.22. The Kier molecular flexibility index (Phi) is 52.3. The van der Waals surface area contributed by atoms with Crippen LogP contribution in [0.1, 0.15) is 130 Å². The maximum atomic E-state index is 14.8. The standard InChI is InChI=1S/C91H136N22O31/c1-10-45(5)73(111-84(136)62(33-52-35-94-56-17-13-12-16-55(52)56)105-80(132)58(27-28-72(127)128)103-82(134)59(30-44(3)4)101-70(125)38-97-78(130)57(18-14-15-29-92)100-67(122)34-93)87(139)98-39-71(126)110-75(48(8)118)90(142)112-74(46(6)11-2)88(140)108-65(42-116)85(137)107-63(40-114)79(131)96-36-68(123)95-37-69(124)102-64(41-115)86(138)113-76(49(9)119)89(141)106-61(32-51-21-25-54(121)26-22-51)83(135)104-60(31-50-19-23-53(120)24-20-50)81(133)99-47(7)77(129)109-66(43-117)91(143)144/h12-13,16-17,19-26,35,44-49,57-66,73-76,94,114-121H,10-11,14-15,18,27-34,36-43,92-93H2,1-9H3,(H,95,123)(H,96,131)(H,97,130)(H,98,139)(H,99,133)(H,100,122)(H,101,125)(H,102,124)(H,103,134)(H,104,135)(H,105,132)(H,106,141)(H,107,137)(H,108,140)(H,109,129)(H,110,126)(H,111,136)(H,112,142)(H,113,138)(H,127,128)(H,143,144)/t45-,46-,47-,48+,49+,57-,58-,59-,60-,61-,62-,63-,64-,65-,66-,73-,74-,75-,76-/m0/s1. The fourth-order valence-electron chi connectivity index (χ4n) is 14.0. The van der Waals surface area contributed by atoms with Crippen molar-refractivity contribution >= 4 is 135 Å². The first-order chi connectivity index (χ1) is 68.0. The first kappa shape index (κ1) is 122. The number of benzene rings is 3. The van der Waals surface area contributed by atoms with Crippen molar-refractivity contribution in [3.8, 4) is 11.5 Å². The molecule has 19 atom stereocenters. The molecule has 0 saturated heterocycles. The molecule has 4 aromatic rings. The Labute approximate surface area is 827 Å². The van der Waals surface area contributed by atoms with Crippen LogP contribution in [0.25, 0.3) is 10.9 Å². The molecule has 0 aliphatic carbocycles. The van der Waals surface area contributed by atoms with Crippen molar-refractivity contribution in [1.82, 2.24) is 106 Å². The van der Waals surface area contributed by atoms with Crippen LogP contribution in [0.15, 0.2) is 79.0 Å². The summed E-state index contributed by atoms with van der Waals surface area (Å²) in [5.74, 6) is -25.7. The molecule has 0 aliphatic heterocycles. The van der Waals surface area contributed by atoms with Gasteiger partial charge in [0.2, 0.25) is 112 Å². The number of carbonyl (C=O) groups excluding carboxylic acids is 19. The van der Waals surface area contributed by atoms with Crippen LogP contribution in [0.3, 0.4) is 0 Å². The van der Waals surface area contributed by atoms with Gasteiger partial charge in [0, 0.05) is 42.8 Å². The molecular formula is C91H136N22O31. The van der Waals surface area contributed by atoms with E-state index in [-0.39, 0.29) is 61.5 Å². The monoisotopic (exact) mass is 2030 g/mol. The molecule has 34 N–H and O–H groups in total. The Morgan fingerprint density at radius 1 is 0.347 bits per heavy atom. The van der Waals surface area contributed by atoms with E-state index < -0.39 is 317 Å². The molecule has 144 heavy (non-hydrogen) atoms. The number of aliphatic carboxylic acids is 2. The maximum Gasteiger partial charge on any atom is 0.328 e. The lowest BCUT2D eigenvalue weighted by Crippen LogP contribution is -2.62. The number of hydrogen-bond donors (Lipinski definition) is 32. The number of aliphatic hydroxyl groups excluding tert-OH is 6. The lowest BCUT2D eigenvalue weighted by atomic mass is 9.96. The van der Waals surface area contributed by atoms with Crippen LogP contribution in [0.5, 0.6) is 11.5 Å². The number of aromatic hydroxyl groups is 2. The molecule has 0 aliphatic rings. The molecule has 1 heterocycles. The first-order valence-electron chi connectivity index (χ1n) is 46.4. The third kappa shape index (κ3) is 41.5. The average molecular weight is 2030 g/mol. The summed E-state index contributed by atoms with van der Waals surface area (Å²) in [6.07, 6.45) is -2.94. The van der Waals surface area contributed by atoms with E-state index in [9.17, 15) is 152 Å². The van der Waals surface area contributed by atoms with Gasteiger partial charge in [-0.1, -0.05) is 96.8 Å². The number of carboxylic acid groups (broad SMARTS) is 2. The Bertz CT molecular complexity index is 5040. The van der Waals surface area contributed by atoms with Gasteiger partial charge in [-0.25, -0.2) is 4.79 Å². The number of phenolic OH excluding ortho intramolecular Hbond substituents is 2. The van der Waals surface area contributed by atoms with Crippen molar-refractivity contribution in [2.45, 2.75) is 236 Å². The Morgan fingerprint density at radius 2 is 0.715 bits per heavy atom. The summed E-state index contributed by atoms with van der Waals surface area (Å²) in [4.78, 5) is 287. The Hall–Kier alpha value is -14.7. The van der Waals surface area contributed by atoms with E-state index in [0.717, 1.165) is 20.8 Å². The fourth-order valence-corrected chi connectivity index (χ4v) is 14.0. The minimum absolute atomic E-state index is 0.0439. The van der Waals surface area contributed by atoms with Gasteiger partial charge in [0.1, 0.15) is 102 Å². The molecule has 19 amide bonds. The summed E-state index contributed by atoms with van der Waals surface area (Å²) < 4.78 is 0. The zero-order valence-corrected chi connectivity index (χ0v) is 81.1. The van der Waals surface area contributed by atoms with Crippen molar-refractivity contribution in [2.24, 2.45) is 29.2 Å². The molecule has 0 saturated carbocycles. The predicted molar refractivity (Wildman–Crippen MR) is 509 cm³/mol. The molecule has 0 bridgehead atoms. The summed E-state index contributed by atoms with van der Waals surface area (Å²) in [5, 5.41) is 146. The fraction of sp³-hybridized carbons (Fsp3) is 0.549. The summed E-state index contributed by atoms with van der Waals surface area (Å²) in [6.45, 7) is 4.69. The van der Waals surface area contributed by atoms with Crippen LogP contribution in [0.2, 0.25) is 0 Å². The molecule has 0 spiro atoms. The number of phenols is 2. The molecule has 0 fully saturated rings. The van der Waals surface area contributed by atoms with Crippen LogP contribution in [-0.2, 0) is 120 Å². The van der Waals surface area contributed by atoms with Gasteiger partial charge in [0.15, 0.2) is 0 Å². The molecule has 53 heteroatoms. The summed E-state index contributed by atoms with van der Waals surface area (Å²) in [6, 6.07) is -7.89. The largest absolute Gasteiger partial charge is 0.508 e. The Morgan fingerprint density at radius 3 is 1.23 bits per heavy atom. The van der Waals surface area contributed by atoms with Crippen molar-refractivity contribution in [2.75, 3.05) is 65.7 Å². The number of H-pyrrole nitrogens is 1. The van der Waals surface area contributed by atoms with E-state index in [1.807, 2.05) is 5.32 Å². The van der Waals surface area contributed by atoms with Crippen molar-refractivity contribution in [1.29, 1.82) is 0 Å². The van der Waals surface area contributed by atoms with Gasteiger partial charge < -0.3 is 169 Å². The number of aromatic nitrogens is 1. The second kappa shape index (κ2) is 61.9. The molecule has 796 valence electrons. The summed E-state index contributed by atoms with van der Waals surface area (Å²) in [7, 11) is 0. The molecule has 3 aromatic carbocycles. The maximum absolute atomic E-state index is 14.8. The van der Waals surface area contributed by atoms with E-state index in [4.69, 9.17) is 11.5 Å². The van der Waals surface area contributed by atoms with Crippen LogP contribution < -0.4 is 112 Å². The highest BCUT2D eigenvalue weighted by atomic mass is 16.4. The molecule has 53 nitrogen and oxygen atoms in total. The average Bonchev–Trinajstić information content (AvgIpc) is 1.66. The number of hydrogen-bond acceptors (Lipinski definition) is 31. The molecule has 0 unspecified atom stereocenters. The third-order valence-corrected chi connectivity index (χ3v) is 22.6. The molecule has 4 rings (SSSR count). The van der Waals surface area contributed by atoms with Gasteiger partial charge in [-0.15, -0.1) is 0 Å².